The molecule has 1 rings (SSSR count). The number of carboxylic acid groups (broad SMARTS) is 1. The van der Waals surface area contributed by atoms with Gasteiger partial charge >= 0.3 is 5.97 Å². The molecule has 2 N–H and O–H groups in total. The van der Waals surface area contributed by atoms with E-state index in [4.69, 9.17) is 5.11 Å². The molecule has 0 radical (unpaired) electrons. The summed E-state index contributed by atoms with van der Waals surface area (Å²) in [4.78, 5) is 26.1. The van der Waals surface area contributed by atoms with Crippen LogP contribution in [0.3, 0.4) is 0 Å². The highest BCUT2D eigenvalue weighted by Crippen LogP contribution is 2.05. The predicted molar refractivity (Wildman–Crippen MR) is 62.6 cm³/mol. The zero-order chi connectivity index (χ0) is 13.5. The summed E-state index contributed by atoms with van der Waals surface area (Å²) in [6.07, 6.45) is 2.16. The van der Waals surface area contributed by atoms with Gasteiger partial charge in [0.05, 0.1) is 12.1 Å². The molecule has 0 spiro atoms. The summed E-state index contributed by atoms with van der Waals surface area (Å²) < 4.78 is 12.6. The lowest BCUT2D eigenvalue weighted by Gasteiger charge is -2.11. The second-order valence-electron chi connectivity index (χ2n) is 3.90. The number of amides is 1. The van der Waals surface area contributed by atoms with Gasteiger partial charge in [-0.3, -0.25) is 9.59 Å². The van der Waals surface area contributed by atoms with E-state index in [0.29, 0.717) is 6.42 Å². The van der Waals surface area contributed by atoms with Gasteiger partial charge in [-0.2, -0.15) is 0 Å². The van der Waals surface area contributed by atoms with Crippen LogP contribution in [-0.2, 0) is 4.79 Å². The Hall–Kier alpha value is -1.98. The largest absolute Gasteiger partial charge is 0.481 e. The lowest BCUT2D eigenvalue weighted by molar-refractivity contribution is -0.141. The number of aromatic nitrogens is 1. The summed E-state index contributed by atoms with van der Waals surface area (Å²) in [5.41, 5.74) is 0.0667. The Morgan fingerprint density at radius 3 is 2.72 bits per heavy atom. The average Bonchev–Trinajstić information content (AvgIpc) is 2.34. The first-order valence-electron chi connectivity index (χ1n) is 5.67. The van der Waals surface area contributed by atoms with Crippen LogP contribution in [0.15, 0.2) is 18.3 Å². The molecule has 5 nitrogen and oxygen atoms in total. The molecule has 18 heavy (non-hydrogen) atoms. The molecule has 98 valence electrons. The van der Waals surface area contributed by atoms with E-state index in [9.17, 15) is 14.0 Å². The highest BCUT2D eigenvalue weighted by atomic mass is 19.1. The van der Waals surface area contributed by atoms with Gasteiger partial charge in [0.25, 0.3) is 5.91 Å². The maximum absolute atomic E-state index is 12.6. The molecule has 0 bridgehead atoms. The second kappa shape index (κ2) is 6.68. The quantitative estimate of drug-likeness (QED) is 0.805. The molecule has 0 aromatic carbocycles. The monoisotopic (exact) mass is 254 g/mol. The van der Waals surface area contributed by atoms with Gasteiger partial charge in [0.15, 0.2) is 0 Å². The lowest BCUT2D eigenvalue weighted by atomic mass is 10.0. The fraction of sp³-hybridized carbons (Fsp3) is 0.417. The lowest BCUT2D eigenvalue weighted by Crippen LogP contribution is -2.33. The molecule has 0 aliphatic carbocycles. The fourth-order valence-electron chi connectivity index (χ4n) is 1.48. The van der Waals surface area contributed by atoms with Crippen molar-refractivity contribution < 1.29 is 19.1 Å². The maximum Gasteiger partial charge on any atom is 0.308 e. The molecular formula is C12H15FN2O3. The van der Waals surface area contributed by atoms with Crippen molar-refractivity contribution in [3.05, 3.63) is 29.8 Å². The van der Waals surface area contributed by atoms with Crippen LogP contribution in [0.5, 0.6) is 0 Å². The van der Waals surface area contributed by atoms with E-state index in [-0.39, 0.29) is 12.2 Å². The number of hydrogen-bond donors (Lipinski definition) is 2. The molecule has 0 saturated heterocycles. The SMILES string of the molecule is CCCC(CNC(=O)c1ccc(F)cn1)C(=O)O. The summed E-state index contributed by atoms with van der Waals surface area (Å²) in [6.45, 7) is 1.92. The molecule has 1 heterocycles. The van der Waals surface area contributed by atoms with Gasteiger partial charge in [0, 0.05) is 6.54 Å². The first kappa shape index (κ1) is 14.1. The normalized spacial score (nSPS) is 11.9. The molecule has 0 saturated carbocycles. The van der Waals surface area contributed by atoms with Crippen LogP contribution in [0, 0.1) is 11.7 Å². The highest BCUT2D eigenvalue weighted by molar-refractivity contribution is 5.92. The minimum atomic E-state index is -0.941. The van der Waals surface area contributed by atoms with Crippen LogP contribution >= 0.6 is 0 Å². The zero-order valence-corrected chi connectivity index (χ0v) is 10.0. The number of hydrogen-bond acceptors (Lipinski definition) is 3. The third-order valence-electron chi connectivity index (χ3n) is 2.46. The smallest absolute Gasteiger partial charge is 0.308 e. The predicted octanol–water partition coefficient (Wildman–Crippen LogP) is 1.45. The summed E-state index contributed by atoms with van der Waals surface area (Å²) in [7, 11) is 0. The van der Waals surface area contributed by atoms with Crippen molar-refractivity contribution in [1.29, 1.82) is 0 Å². The van der Waals surface area contributed by atoms with Crippen LogP contribution in [0.1, 0.15) is 30.3 Å². The van der Waals surface area contributed by atoms with Gasteiger partial charge in [-0.25, -0.2) is 9.37 Å². The molecule has 6 heteroatoms. The van der Waals surface area contributed by atoms with Crippen molar-refractivity contribution in [3.8, 4) is 0 Å². The Bertz CT molecular complexity index is 420. The highest BCUT2D eigenvalue weighted by Gasteiger charge is 2.17. The summed E-state index contributed by atoms with van der Waals surface area (Å²) >= 11 is 0. The molecule has 0 aliphatic rings. The number of pyridine rings is 1. The van der Waals surface area contributed by atoms with Crippen molar-refractivity contribution in [2.75, 3.05) is 6.54 Å². The van der Waals surface area contributed by atoms with Crippen LogP contribution in [0.4, 0.5) is 4.39 Å². The average molecular weight is 254 g/mol. The summed E-state index contributed by atoms with van der Waals surface area (Å²) in [5, 5.41) is 11.4. The van der Waals surface area contributed by atoms with Gasteiger partial charge in [0.1, 0.15) is 11.5 Å². The Morgan fingerprint density at radius 2 is 2.22 bits per heavy atom. The van der Waals surface area contributed by atoms with Crippen LogP contribution < -0.4 is 5.32 Å². The molecule has 0 aliphatic heterocycles. The van der Waals surface area contributed by atoms with Crippen molar-refractivity contribution >= 4 is 11.9 Å². The van der Waals surface area contributed by atoms with Gasteiger partial charge in [-0.05, 0) is 18.6 Å². The number of rotatable bonds is 6. The number of carbonyl (C=O) groups is 2. The van der Waals surface area contributed by atoms with Crippen LogP contribution in [0.25, 0.3) is 0 Å². The molecular weight excluding hydrogens is 239 g/mol. The molecule has 1 aromatic heterocycles. The number of halogens is 1. The van der Waals surface area contributed by atoms with Gasteiger partial charge in [-0.15, -0.1) is 0 Å². The third kappa shape index (κ3) is 4.12. The van der Waals surface area contributed by atoms with Crippen molar-refractivity contribution in [1.82, 2.24) is 10.3 Å². The minimum absolute atomic E-state index is 0.0427. The Balaban J connectivity index is 2.54. The van der Waals surface area contributed by atoms with E-state index in [0.717, 1.165) is 18.7 Å². The van der Waals surface area contributed by atoms with Crippen molar-refractivity contribution in [2.45, 2.75) is 19.8 Å². The Kier molecular flexibility index (Phi) is 5.23. The second-order valence-corrected chi connectivity index (χ2v) is 3.90. The number of nitrogens with one attached hydrogen (secondary N) is 1. The Morgan fingerprint density at radius 1 is 1.50 bits per heavy atom. The molecule has 1 amide bonds. The summed E-state index contributed by atoms with van der Waals surface area (Å²) in [5.74, 6) is -2.58. The van der Waals surface area contributed by atoms with Crippen molar-refractivity contribution in [2.24, 2.45) is 5.92 Å². The minimum Gasteiger partial charge on any atom is -0.481 e. The van der Waals surface area contributed by atoms with Gasteiger partial charge in [0.2, 0.25) is 0 Å². The fourth-order valence-corrected chi connectivity index (χ4v) is 1.48. The molecule has 1 unspecified atom stereocenters. The first-order valence-corrected chi connectivity index (χ1v) is 5.67. The topological polar surface area (TPSA) is 79.3 Å². The number of nitrogens with zero attached hydrogens (tertiary/aromatic N) is 1. The van der Waals surface area contributed by atoms with Gasteiger partial charge < -0.3 is 10.4 Å². The number of carboxylic acids is 1. The summed E-state index contributed by atoms with van der Waals surface area (Å²) in [6, 6.07) is 2.38. The van der Waals surface area contributed by atoms with Crippen molar-refractivity contribution in [3.63, 3.8) is 0 Å². The molecule has 1 atom stereocenters. The first-order chi connectivity index (χ1) is 8.54. The number of aliphatic carboxylic acids is 1. The molecule has 0 fully saturated rings. The van der Waals surface area contributed by atoms with E-state index < -0.39 is 23.6 Å². The van der Waals surface area contributed by atoms with E-state index in [1.165, 1.54) is 6.07 Å². The van der Waals surface area contributed by atoms with Crippen LogP contribution in [0.2, 0.25) is 0 Å². The van der Waals surface area contributed by atoms with E-state index in [1.807, 2.05) is 6.92 Å². The third-order valence-corrected chi connectivity index (χ3v) is 2.46. The van der Waals surface area contributed by atoms with Gasteiger partial charge in [-0.1, -0.05) is 13.3 Å². The maximum atomic E-state index is 12.6. The van der Waals surface area contributed by atoms with Crippen LogP contribution in [-0.4, -0.2) is 28.5 Å². The Labute approximate surface area is 104 Å². The van der Waals surface area contributed by atoms with E-state index in [2.05, 4.69) is 10.3 Å². The standard InChI is InChI=1S/C12H15FN2O3/c1-2-3-8(12(17)18)6-15-11(16)10-5-4-9(13)7-14-10/h4-5,7-8H,2-3,6H2,1H3,(H,15,16)(H,17,18). The van der Waals surface area contributed by atoms with E-state index in [1.54, 1.807) is 0 Å². The molecule has 1 aromatic rings. The number of carbonyl (C=O) groups excluding carboxylic acids is 1. The van der Waals surface area contributed by atoms with E-state index >= 15 is 0 Å². The zero-order valence-electron chi connectivity index (χ0n) is 10.0.